The monoisotopic (exact) mass is 431 g/mol. The summed E-state index contributed by atoms with van der Waals surface area (Å²) in [4.78, 5) is 11.4. The van der Waals surface area contributed by atoms with Gasteiger partial charge >= 0.3 is 12.1 Å². The van der Waals surface area contributed by atoms with E-state index in [0.29, 0.717) is 32.2 Å². The van der Waals surface area contributed by atoms with E-state index < -0.39 is 22.4 Å². The van der Waals surface area contributed by atoms with Crippen molar-refractivity contribution in [1.82, 2.24) is 13.5 Å². The van der Waals surface area contributed by atoms with Crippen LogP contribution in [0.2, 0.25) is 0 Å². The molecule has 0 aromatic heterocycles. The third-order valence-electron chi connectivity index (χ3n) is 5.51. The molecule has 3 heterocycles. The van der Waals surface area contributed by atoms with Crippen LogP contribution in [0.4, 0.5) is 13.2 Å². The summed E-state index contributed by atoms with van der Waals surface area (Å²) in [6.45, 7) is 5.89. The lowest BCUT2D eigenvalue weighted by Crippen LogP contribution is -2.46. The topological polar surface area (TPSA) is 90.4 Å². The number of halogens is 3. The van der Waals surface area contributed by atoms with Gasteiger partial charge in [0.15, 0.2) is 0 Å². The maximum atomic E-state index is 12.4. The smallest absolute Gasteiger partial charge is 0.475 e. The van der Waals surface area contributed by atoms with Crippen LogP contribution < -0.4 is 0 Å². The van der Waals surface area contributed by atoms with Crippen LogP contribution in [0.1, 0.15) is 19.3 Å². The van der Waals surface area contributed by atoms with Gasteiger partial charge in [-0.2, -0.15) is 30.2 Å². The molecule has 3 fully saturated rings. The Morgan fingerprint density at radius 2 is 1.82 bits per heavy atom. The van der Waals surface area contributed by atoms with E-state index in [1.54, 1.807) is 18.4 Å². The van der Waals surface area contributed by atoms with E-state index in [1.807, 2.05) is 0 Å². The fraction of sp³-hybridized carbons (Fsp3) is 0.938. The molecular weight excluding hydrogens is 403 g/mol. The van der Waals surface area contributed by atoms with Crippen molar-refractivity contribution in [2.24, 2.45) is 11.3 Å². The van der Waals surface area contributed by atoms with Crippen molar-refractivity contribution >= 4 is 16.2 Å². The second-order valence-electron chi connectivity index (χ2n) is 7.80. The van der Waals surface area contributed by atoms with Crippen LogP contribution in [0.3, 0.4) is 0 Å². The van der Waals surface area contributed by atoms with Gasteiger partial charge in [-0.25, -0.2) is 4.79 Å². The second-order valence-corrected chi connectivity index (χ2v) is 9.94. The highest BCUT2D eigenvalue weighted by Gasteiger charge is 2.54. The van der Waals surface area contributed by atoms with Crippen LogP contribution in [0.15, 0.2) is 0 Å². The van der Waals surface area contributed by atoms with E-state index >= 15 is 0 Å². The Morgan fingerprint density at radius 3 is 2.32 bits per heavy atom. The molecule has 1 N–H and O–H groups in total. The Balaban J connectivity index is 0.000000345. The molecule has 0 bridgehead atoms. The fourth-order valence-corrected chi connectivity index (χ4v) is 5.23. The van der Waals surface area contributed by atoms with Gasteiger partial charge in [0, 0.05) is 45.1 Å². The summed E-state index contributed by atoms with van der Waals surface area (Å²) in [7, 11) is -0.0883. The largest absolute Gasteiger partial charge is 0.490 e. The highest BCUT2D eigenvalue weighted by molar-refractivity contribution is 7.86. The number of fused-ring (bicyclic) bond motifs is 1. The minimum atomic E-state index is -5.08. The number of likely N-dealkylation sites (tertiary alicyclic amines) is 1. The van der Waals surface area contributed by atoms with Crippen molar-refractivity contribution in [1.29, 1.82) is 0 Å². The van der Waals surface area contributed by atoms with Crippen LogP contribution in [0.25, 0.3) is 0 Å². The number of carboxylic acid groups (broad SMARTS) is 1. The molecule has 0 radical (unpaired) electrons. The van der Waals surface area contributed by atoms with Gasteiger partial charge in [0.2, 0.25) is 0 Å². The van der Waals surface area contributed by atoms with Crippen molar-refractivity contribution in [3.05, 3.63) is 0 Å². The SMILES string of the molecule is CN(C)S(=O)(=O)N1C[C@@H]2COC[C@]2(CN2CCCCC2)C1.O=C(O)C(F)(F)F. The quantitative estimate of drug-likeness (QED) is 0.710. The number of nitrogens with zero attached hydrogens (tertiary/aromatic N) is 3. The first-order valence-electron chi connectivity index (χ1n) is 9.16. The predicted octanol–water partition coefficient (Wildman–Crippen LogP) is 0.860. The van der Waals surface area contributed by atoms with E-state index in [-0.39, 0.29) is 5.41 Å². The standard InChI is InChI=1S/C14H27N3O3S.C2HF3O2/c1-15(2)21(18,19)17-8-13-9-20-12-14(13,11-17)10-16-6-4-3-5-7-16;3-2(4,5)1(6)7/h13H,3-12H2,1-2H3;(H,6,7)/t13-,14+;/m1./s1. The third-order valence-corrected chi connectivity index (χ3v) is 7.36. The third kappa shape index (κ3) is 5.35. The summed E-state index contributed by atoms with van der Waals surface area (Å²) in [6.07, 6.45) is -1.23. The molecule has 0 amide bonds. The number of carboxylic acids is 1. The summed E-state index contributed by atoms with van der Waals surface area (Å²) in [5, 5.41) is 7.12. The molecule has 12 heteroatoms. The first kappa shape index (κ1) is 23.3. The first-order valence-corrected chi connectivity index (χ1v) is 10.6. The predicted molar refractivity (Wildman–Crippen MR) is 94.9 cm³/mol. The van der Waals surface area contributed by atoms with Crippen molar-refractivity contribution in [3.63, 3.8) is 0 Å². The van der Waals surface area contributed by atoms with Crippen molar-refractivity contribution in [2.45, 2.75) is 25.4 Å². The summed E-state index contributed by atoms with van der Waals surface area (Å²) < 4.78 is 65.2. The highest BCUT2D eigenvalue weighted by atomic mass is 32.2. The van der Waals surface area contributed by atoms with E-state index in [9.17, 15) is 21.6 Å². The molecule has 2 atom stereocenters. The normalized spacial score (nSPS) is 29.4. The molecule has 8 nitrogen and oxygen atoms in total. The van der Waals surface area contributed by atoms with Crippen LogP contribution in [-0.4, -0.2) is 99.2 Å². The number of hydrogen-bond donors (Lipinski definition) is 1. The van der Waals surface area contributed by atoms with Crippen LogP contribution in [0.5, 0.6) is 0 Å². The maximum Gasteiger partial charge on any atom is 0.490 e. The lowest BCUT2D eigenvalue weighted by atomic mass is 9.80. The number of carbonyl (C=O) groups is 1. The van der Waals surface area contributed by atoms with Crippen molar-refractivity contribution < 1.29 is 36.2 Å². The molecule has 3 saturated heterocycles. The lowest BCUT2D eigenvalue weighted by molar-refractivity contribution is -0.192. The van der Waals surface area contributed by atoms with Crippen LogP contribution >= 0.6 is 0 Å². The van der Waals surface area contributed by atoms with Gasteiger partial charge in [0.05, 0.1) is 13.2 Å². The number of hydrogen-bond acceptors (Lipinski definition) is 5. The molecule has 3 aliphatic rings. The second kappa shape index (κ2) is 8.82. The lowest BCUT2D eigenvalue weighted by Gasteiger charge is -2.36. The van der Waals surface area contributed by atoms with Gasteiger partial charge < -0.3 is 14.7 Å². The molecule has 0 spiro atoms. The van der Waals surface area contributed by atoms with E-state index in [0.717, 1.165) is 19.6 Å². The molecule has 164 valence electrons. The molecule has 0 saturated carbocycles. The van der Waals surface area contributed by atoms with Gasteiger partial charge in [-0.1, -0.05) is 6.42 Å². The molecule has 0 aromatic carbocycles. The number of ether oxygens (including phenoxy) is 1. The van der Waals surface area contributed by atoms with E-state index in [1.165, 1.54) is 23.6 Å². The summed E-state index contributed by atoms with van der Waals surface area (Å²) in [5.74, 6) is -2.42. The molecule has 3 aliphatic heterocycles. The number of piperidine rings is 1. The summed E-state index contributed by atoms with van der Waals surface area (Å²) in [5.41, 5.74) is 0.000417. The zero-order chi connectivity index (χ0) is 21.2. The van der Waals surface area contributed by atoms with E-state index in [4.69, 9.17) is 14.6 Å². The molecule has 0 aromatic rings. The molecule has 0 unspecified atom stereocenters. The van der Waals surface area contributed by atoms with Gasteiger partial charge in [-0.3, -0.25) is 0 Å². The average Bonchev–Trinajstić information content (AvgIpc) is 3.12. The van der Waals surface area contributed by atoms with Crippen molar-refractivity contribution in [2.75, 3.05) is 60.0 Å². The Morgan fingerprint density at radius 1 is 1.25 bits per heavy atom. The number of aliphatic carboxylic acids is 1. The fourth-order valence-electron chi connectivity index (χ4n) is 3.98. The van der Waals surface area contributed by atoms with Crippen LogP contribution in [0, 0.1) is 11.3 Å². The average molecular weight is 431 g/mol. The molecule has 3 rings (SSSR count). The summed E-state index contributed by atoms with van der Waals surface area (Å²) in [6, 6.07) is 0. The molecular formula is C16H28F3N3O5S. The molecule has 28 heavy (non-hydrogen) atoms. The number of alkyl halides is 3. The zero-order valence-electron chi connectivity index (χ0n) is 16.1. The Hall–Kier alpha value is -0.950. The van der Waals surface area contributed by atoms with E-state index in [2.05, 4.69) is 4.90 Å². The minimum absolute atomic E-state index is 0.000417. The number of rotatable bonds is 4. The van der Waals surface area contributed by atoms with Gasteiger partial charge in [0.25, 0.3) is 10.2 Å². The van der Waals surface area contributed by atoms with Gasteiger partial charge in [0.1, 0.15) is 0 Å². The zero-order valence-corrected chi connectivity index (χ0v) is 16.9. The summed E-state index contributed by atoms with van der Waals surface area (Å²) >= 11 is 0. The Kier molecular flexibility index (Phi) is 7.35. The minimum Gasteiger partial charge on any atom is -0.475 e. The highest BCUT2D eigenvalue weighted by Crippen LogP contribution is 2.43. The van der Waals surface area contributed by atoms with Gasteiger partial charge in [-0.05, 0) is 25.9 Å². The maximum absolute atomic E-state index is 12.4. The molecule has 0 aliphatic carbocycles. The van der Waals surface area contributed by atoms with Crippen molar-refractivity contribution in [3.8, 4) is 0 Å². The first-order chi connectivity index (χ1) is 12.9. The van der Waals surface area contributed by atoms with Gasteiger partial charge in [-0.15, -0.1) is 0 Å². The van der Waals surface area contributed by atoms with Crippen LogP contribution in [-0.2, 0) is 19.7 Å². The Labute approximate surface area is 163 Å². The Bertz CT molecular complexity index is 652.